The summed E-state index contributed by atoms with van der Waals surface area (Å²) < 4.78 is 5.12. The molecule has 0 spiro atoms. The van der Waals surface area contributed by atoms with Gasteiger partial charge in [-0.05, 0) is 49.9 Å². The van der Waals surface area contributed by atoms with Crippen molar-refractivity contribution in [2.75, 3.05) is 13.7 Å². The van der Waals surface area contributed by atoms with Crippen LogP contribution in [0.5, 0.6) is 5.75 Å². The van der Waals surface area contributed by atoms with E-state index >= 15 is 0 Å². The van der Waals surface area contributed by atoms with Crippen LogP contribution in [-0.4, -0.2) is 30.9 Å². The lowest BCUT2D eigenvalue weighted by Crippen LogP contribution is -2.34. The molecule has 0 saturated carbocycles. The molecule has 1 fully saturated rings. The van der Waals surface area contributed by atoms with Crippen molar-refractivity contribution in [1.82, 2.24) is 5.32 Å². The summed E-state index contributed by atoms with van der Waals surface area (Å²) >= 11 is 0. The molecule has 0 radical (unpaired) electrons. The van der Waals surface area contributed by atoms with Crippen molar-refractivity contribution in [3.8, 4) is 5.75 Å². The molecule has 2 N–H and O–H groups in total. The SMILES string of the molecule is COc1ccc(CCC(O)[C@@H]2CCCN2)cc1. The van der Waals surface area contributed by atoms with E-state index < -0.39 is 0 Å². The van der Waals surface area contributed by atoms with Crippen LogP contribution in [0.15, 0.2) is 24.3 Å². The van der Waals surface area contributed by atoms with Crippen LogP contribution in [0.4, 0.5) is 0 Å². The smallest absolute Gasteiger partial charge is 0.118 e. The number of aliphatic hydroxyl groups excluding tert-OH is 1. The van der Waals surface area contributed by atoms with Crippen molar-refractivity contribution < 1.29 is 9.84 Å². The van der Waals surface area contributed by atoms with Gasteiger partial charge in [0, 0.05) is 6.04 Å². The summed E-state index contributed by atoms with van der Waals surface area (Å²) in [4.78, 5) is 0. The molecule has 0 amide bonds. The number of aliphatic hydroxyl groups is 1. The Labute approximate surface area is 103 Å². The van der Waals surface area contributed by atoms with E-state index in [2.05, 4.69) is 17.4 Å². The molecule has 1 saturated heterocycles. The molecule has 2 rings (SSSR count). The Morgan fingerprint density at radius 1 is 1.41 bits per heavy atom. The highest BCUT2D eigenvalue weighted by Crippen LogP contribution is 2.16. The fraction of sp³-hybridized carbons (Fsp3) is 0.571. The minimum absolute atomic E-state index is 0.223. The van der Waals surface area contributed by atoms with Crippen LogP contribution in [0.3, 0.4) is 0 Å². The third-order valence-corrected chi connectivity index (χ3v) is 3.45. The molecule has 0 aliphatic carbocycles. The van der Waals surface area contributed by atoms with Crippen molar-refractivity contribution in [3.05, 3.63) is 29.8 Å². The number of nitrogens with one attached hydrogen (secondary N) is 1. The van der Waals surface area contributed by atoms with Crippen molar-refractivity contribution >= 4 is 0 Å². The second kappa shape index (κ2) is 6.03. The van der Waals surface area contributed by atoms with Gasteiger partial charge in [0.15, 0.2) is 0 Å². The number of methoxy groups -OCH3 is 1. The molecule has 1 aromatic rings. The zero-order valence-corrected chi connectivity index (χ0v) is 10.4. The Morgan fingerprint density at radius 2 is 2.18 bits per heavy atom. The molecule has 1 heterocycles. The summed E-state index contributed by atoms with van der Waals surface area (Å²) in [5.74, 6) is 0.881. The standard InChI is InChI=1S/C14H21NO2/c1-17-12-7-4-11(5-8-12)6-9-14(16)13-3-2-10-15-13/h4-5,7-8,13-16H,2-3,6,9-10H2,1H3/t13-,14?/m0/s1. The Balaban J connectivity index is 1.80. The van der Waals surface area contributed by atoms with E-state index in [0.717, 1.165) is 31.6 Å². The molecule has 17 heavy (non-hydrogen) atoms. The molecule has 1 aliphatic heterocycles. The fourth-order valence-corrected chi connectivity index (χ4v) is 2.35. The molecular formula is C14H21NO2. The maximum atomic E-state index is 10.0. The van der Waals surface area contributed by atoms with Gasteiger partial charge in [-0.2, -0.15) is 0 Å². The van der Waals surface area contributed by atoms with Crippen LogP contribution in [0.2, 0.25) is 0 Å². The minimum atomic E-state index is -0.223. The Bertz CT molecular complexity index is 331. The Kier molecular flexibility index (Phi) is 4.40. The van der Waals surface area contributed by atoms with E-state index in [4.69, 9.17) is 4.74 Å². The summed E-state index contributed by atoms with van der Waals surface area (Å²) in [5, 5.41) is 13.4. The molecular weight excluding hydrogens is 214 g/mol. The van der Waals surface area contributed by atoms with Crippen LogP contribution in [0.1, 0.15) is 24.8 Å². The number of hydrogen-bond donors (Lipinski definition) is 2. The van der Waals surface area contributed by atoms with Crippen LogP contribution in [-0.2, 0) is 6.42 Å². The van der Waals surface area contributed by atoms with Gasteiger partial charge in [0.05, 0.1) is 13.2 Å². The zero-order valence-electron chi connectivity index (χ0n) is 10.4. The zero-order chi connectivity index (χ0) is 12.1. The molecule has 0 aromatic heterocycles. The molecule has 94 valence electrons. The number of aryl methyl sites for hydroxylation is 1. The largest absolute Gasteiger partial charge is 0.497 e. The molecule has 1 aliphatic rings. The van der Waals surface area contributed by atoms with E-state index in [1.54, 1.807) is 7.11 Å². The van der Waals surface area contributed by atoms with Gasteiger partial charge in [-0.25, -0.2) is 0 Å². The lowest BCUT2D eigenvalue weighted by molar-refractivity contribution is 0.127. The number of benzene rings is 1. The van der Waals surface area contributed by atoms with E-state index in [0.29, 0.717) is 6.04 Å². The average molecular weight is 235 g/mol. The molecule has 1 unspecified atom stereocenters. The van der Waals surface area contributed by atoms with Gasteiger partial charge in [0.1, 0.15) is 5.75 Å². The van der Waals surface area contributed by atoms with E-state index in [-0.39, 0.29) is 6.10 Å². The van der Waals surface area contributed by atoms with Gasteiger partial charge in [0.25, 0.3) is 0 Å². The van der Waals surface area contributed by atoms with Crippen LogP contribution in [0.25, 0.3) is 0 Å². The highest BCUT2D eigenvalue weighted by molar-refractivity contribution is 5.27. The summed E-state index contributed by atoms with van der Waals surface area (Å²) in [5.41, 5.74) is 1.25. The highest BCUT2D eigenvalue weighted by atomic mass is 16.5. The average Bonchev–Trinajstić information content (AvgIpc) is 2.90. The number of rotatable bonds is 5. The van der Waals surface area contributed by atoms with Crippen LogP contribution in [0, 0.1) is 0 Å². The van der Waals surface area contributed by atoms with Gasteiger partial charge in [0.2, 0.25) is 0 Å². The van der Waals surface area contributed by atoms with Crippen molar-refractivity contribution in [2.24, 2.45) is 0 Å². The van der Waals surface area contributed by atoms with E-state index in [1.807, 2.05) is 12.1 Å². The van der Waals surface area contributed by atoms with Crippen molar-refractivity contribution in [3.63, 3.8) is 0 Å². The molecule has 2 atom stereocenters. The lowest BCUT2D eigenvalue weighted by atomic mass is 10.0. The Hall–Kier alpha value is -1.06. The van der Waals surface area contributed by atoms with Gasteiger partial charge < -0.3 is 15.2 Å². The van der Waals surface area contributed by atoms with E-state index in [1.165, 1.54) is 12.0 Å². The first-order valence-electron chi connectivity index (χ1n) is 6.34. The quantitative estimate of drug-likeness (QED) is 0.817. The molecule has 3 nitrogen and oxygen atoms in total. The summed E-state index contributed by atoms with van der Waals surface area (Å²) in [6.45, 7) is 1.05. The van der Waals surface area contributed by atoms with Crippen LogP contribution < -0.4 is 10.1 Å². The first kappa shape index (κ1) is 12.4. The first-order chi connectivity index (χ1) is 8.29. The van der Waals surface area contributed by atoms with Gasteiger partial charge in [-0.3, -0.25) is 0 Å². The second-order valence-electron chi connectivity index (χ2n) is 4.66. The maximum Gasteiger partial charge on any atom is 0.118 e. The molecule has 0 bridgehead atoms. The van der Waals surface area contributed by atoms with Gasteiger partial charge >= 0.3 is 0 Å². The van der Waals surface area contributed by atoms with Gasteiger partial charge in [-0.15, -0.1) is 0 Å². The Morgan fingerprint density at radius 3 is 2.76 bits per heavy atom. The van der Waals surface area contributed by atoms with Crippen molar-refractivity contribution in [2.45, 2.75) is 37.8 Å². The number of hydrogen-bond acceptors (Lipinski definition) is 3. The third kappa shape index (κ3) is 3.45. The summed E-state index contributed by atoms with van der Waals surface area (Å²) in [6.07, 6.45) is 3.81. The predicted octanol–water partition coefficient (Wildman–Crippen LogP) is 1.74. The highest BCUT2D eigenvalue weighted by Gasteiger charge is 2.21. The maximum absolute atomic E-state index is 10.0. The summed E-state index contributed by atoms with van der Waals surface area (Å²) in [6, 6.07) is 8.36. The monoisotopic (exact) mass is 235 g/mol. The predicted molar refractivity (Wildman–Crippen MR) is 68.3 cm³/mol. The fourth-order valence-electron chi connectivity index (χ4n) is 2.35. The topological polar surface area (TPSA) is 41.5 Å². The van der Waals surface area contributed by atoms with Crippen LogP contribution >= 0.6 is 0 Å². The molecule has 3 heteroatoms. The van der Waals surface area contributed by atoms with Crippen molar-refractivity contribution in [1.29, 1.82) is 0 Å². The number of ether oxygens (including phenoxy) is 1. The normalized spacial score (nSPS) is 21.4. The lowest BCUT2D eigenvalue weighted by Gasteiger charge is -2.18. The third-order valence-electron chi connectivity index (χ3n) is 3.45. The summed E-state index contributed by atoms with van der Waals surface area (Å²) in [7, 11) is 1.67. The first-order valence-corrected chi connectivity index (χ1v) is 6.34. The van der Waals surface area contributed by atoms with Gasteiger partial charge in [-0.1, -0.05) is 12.1 Å². The minimum Gasteiger partial charge on any atom is -0.497 e. The van der Waals surface area contributed by atoms with E-state index in [9.17, 15) is 5.11 Å². The second-order valence-corrected chi connectivity index (χ2v) is 4.66. The molecule has 1 aromatic carbocycles.